The molecule has 1 amide bonds. The standard InChI is InChI=1S/C10H20N2OS/c1-14-6-5-12-10(13)8-3-2-4-9(11)7-8/h8-9H,2-7,11H2,1H3,(H,12,13). The fourth-order valence-corrected chi connectivity index (χ4v) is 2.19. The van der Waals surface area contributed by atoms with Crippen molar-refractivity contribution in [3.8, 4) is 0 Å². The summed E-state index contributed by atoms with van der Waals surface area (Å²) in [5, 5.41) is 2.96. The number of rotatable bonds is 4. The van der Waals surface area contributed by atoms with E-state index in [1.165, 1.54) is 0 Å². The molecule has 0 aromatic carbocycles. The van der Waals surface area contributed by atoms with Crippen molar-refractivity contribution in [2.24, 2.45) is 11.7 Å². The molecule has 1 saturated carbocycles. The van der Waals surface area contributed by atoms with Crippen LogP contribution in [0, 0.1) is 5.92 Å². The predicted octanol–water partition coefficient (Wildman–Crippen LogP) is 0.983. The molecule has 82 valence electrons. The zero-order valence-corrected chi connectivity index (χ0v) is 9.61. The normalized spacial score (nSPS) is 27.3. The van der Waals surface area contributed by atoms with Crippen LogP contribution in [0.25, 0.3) is 0 Å². The van der Waals surface area contributed by atoms with Crippen LogP contribution in [0.4, 0.5) is 0 Å². The molecule has 2 atom stereocenters. The van der Waals surface area contributed by atoms with E-state index in [2.05, 4.69) is 5.32 Å². The Morgan fingerprint density at radius 1 is 1.57 bits per heavy atom. The van der Waals surface area contributed by atoms with E-state index in [9.17, 15) is 4.79 Å². The van der Waals surface area contributed by atoms with Crippen LogP contribution in [0.15, 0.2) is 0 Å². The monoisotopic (exact) mass is 216 g/mol. The van der Waals surface area contributed by atoms with Gasteiger partial charge in [0.2, 0.25) is 5.91 Å². The Bertz CT molecular complexity index is 187. The highest BCUT2D eigenvalue weighted by atomic mass is 32.2. The van der Waals surface area contributed by atoms with Gasteiger partial charge in [-0.1, -0.05) is 6.42 Å². The predicted molar refractivity (Wildman–Crippen MR) is 61.3 cm³/mol. The molecule has 3 nitrogen and oxygen atoms in total. The van der Waals surface area contributed by atoms with Crippen LogP contribution in [0.1, 0.15) is 25.7 Å². The second kappa shape index (κ2) is 6.30. The summed E-state index contributed by atoms with van der Waals surface area (Å²) < 4.78 is 0. The smallest absolute Gasteiger partial charge is 0.223 e. The van der Waals surface area contributed by atoms with Gasteiger partial charge in [0.05, 0.1) is 0 Å². The fourth-order valence-electron chi connectivity index (χ4n) is 1.89. The van der Waals surface area contributed by atoms with Gasteiger partial charge in [-0.3, -0.25) is 4.79 Å². The summed E-state index contributed by atoms with van der Waals surface area (Å²) >= 11 is 1.75. The Balaban J connectivity index is 2.22. The third-order valence-corrected chi connectivity index (χ3v) is 3.30. The summed E-state index contributed by atoms with van der Waals surface area (Å²) in [5.41, 5.74) is 5.83. The van der Waals surface area contributed by atoms with Crippen molar-refractivity contribution in [3.05, 3.63) is 0 Å². The van der Waals surface area contributed by atoms with Crippen LogP contribution in [0.5, 0.6) is 0 Å². The van der Waals surface area contributed by atoms with Gasteiger partial charge in [-0.25, -0.2) is 0 Å². The van der Waals surface area contributed by atoms with E-state index >= 15 is 0 Å². The van der Waals surface area contributed by atoms with Crippen molar-refractivity contribution < 1.29 is 4.79 Å². The summed E-state index contributed by atoms with van der Waals surface area (Å²) in [6.45, 7) is 0.783. The molecular weight excluding hydrogens is 196 g/mol. The van der Waals surface area contributed by atoms with Gasteiger partial charge in [0.15, 0.2) is 0 Å². The first-order chi connectivity index (χ1) is 6.74. The topological polar surface area (TPSA) is 55.1 Å². The van der Waals surface area contributed by atoms with Crippen LogP contribution >= 0.6 is 11.8 Å². The van der Waals surface area contributed by atoms with Gasteiger partial charge in [0, 0.05) is 24.3 Å². The van der Waals surface area contributed by atoms with E-state index in [0.29, 0.717) is 0 Å². The molecule has 0 radical (unpaired) electrons. The third-order valence-electron chi connectivity index (χ3n) is 2.69. The van der Waals surface area contributed by atoms with E-state index in [1.54, 1.807) is 11.8 Å². The van der Waals surface area contributed by atoms with Crippen molar-refractivity contribution in [2.45, 2.75) is 31.7 Å². The zero-order valence-electron chi connectivity index (χ0n) is 8.79. The van der Waals surface area contributed by atoms with Gasteiger partial charge in [0.1, 0.15) is 0 Å². The second-order valence-electron chi connectivity index (χ2n) is 3.91. The van der Waals surface area contributed by atoms with Gasteiger partial charge < -0.3 is 11.1 Å². The maximum absolute atomic E-state index is 11.6. The number of thioether (sulfide) groups is 1. The molecule has 2 unspecified atom stereocenters. The summed E-state index contributed by atoms with van der Waals surface area (Å²) in [4.78, 5) is 11.6. The van der Waals surface area contributed by atoms with Gasteiger partial charge in [-0.2, -0.15) is 11.8 Å². The number of amides is 1. The molecule has 0 spiro atoms. The molecule has 1 aliphatic rings. The molecule has 0 saturated heterocycles. The molecule has 1 rings (SSSR count). The number of nitrogens with two attached hydrogens (primary N) is 1. The first-order valence-electron chi connectivity index (χ1n) is 5.26. The highest BCUT2D eigenvalue weighted by Crippen LogP contribution is 2.22. The number of hydrogen-bond donors (Lipinski definition) is 2. The molecule has 3 N–H and O–H groups in total. The lowest BCUT2D eigenvalue weighted by Crippen LogP contribution is -2.38. The lowest BCUT2D eigenvalue weighted by Gasteiger charge is -2.25. The average Bonchev–Trinajstić information content (AvgIpc) is 2.18. The third kappa shape index (κ3) is 3.88. The highest BCUT2D eigenvalue weighted by Gasteiger charge is 2.24. The van der Waals surface area contributed by atoms with Crippen molar-refractivity contribution in [1.29, 1.82) is 0 Å². The minimum Gasteiger partial charge on any atom is -0.355 e. The van der Waals surface area contributed by atoms with Crippen LogP contribution in [-0.4, -0.2) is 30.5 Å². The van der Waals surface area contributed by atoms with Gasteiger partial charge in [-0.05, 0) is 25.5 Å². The first kappa shape index (κ1) is 11.9. The van der Waals surface area contributed by atoms with Crippen LogP contribution < -0.4 is 11.1 Å². The van der Waals surface area contributed by atoms with E-state index in [0.717, 1.165) is 38.0 Å². The molecule has 4 heteroatoms. The fraction of sp³-hybridized carbons (Fsp3) is 0.900. The molecular formula is C10H20N2OS. The lowest BCUT2D eigenvalue weighted by atomic mass is 9.85. The molecule has 14 heavy (non-hydrogen) atoms. The summed E-state index contributed by atoms with van der Waals surface area (Å²) in [6, 6.07) is 0.236. The number of carbonyl (C=O) groups excluding carboxylic acids is 1. The Kier molecular flexibility index (Phi) is 5.33. The molecule has 0 aromatic heterocycles. The number of carbonyl (C=O) groups is 1. The lowest BCUT2D eigenvalue weighted by molar-refractivity contribution is -0.125. The van der Waals surface area contributed by atoms with Crippen molar-refractivity contribution in [3.63, 3.8) is 0 Å². The van der Waals surface area contributed by atoms with Gasteiger partial charge in [-0.15, -0.1) is 0 Å². The van der Waals surface area contributed by atoms with Crippen LogP contribution in [0.3, 0.4) is 0 Å². The summed E-state index contributed by atoms with van der Waals surface area (Å²) in [7, 11) is 0. The largest absolute Gasteiger partial charge is 0.355 e. The second-order valence-corrected chi connectivity index (χ2v) is 4.89. The number of hydrogen-bond acceptors (Lipinski definition) is 3. The zero-order chi connectivity index (χ0) is 10.4. The Labute approximate surface area is 90.2 Å². The maximum atomic E-state index is 11.6. The van der Waals surface area contributed by atoms with E-state index in [4.69, 9.17) is 5.73 Å². The highest BCUT2D eigenvalue weighted by molar-refractivity contribution is 7.98. The Hall–Kier alpha value is -0.220. The van der Waals surface area contributed by atoms with Crippen molar-refractivity contribution >= 4 is 17.7 Å². The average molecular weight is 216 g/mol. The maximum Gasteiger partial charge on any atom is 0.223 e. The minimum absolute atomic E-state index is 0.167. The Morgan fingerprint density at radius 2 is 2.36 bits per heavy atom. The number of nitrogens with one attached hydrogen (secondary N) is 1. The molecule has 0 aromatic rings. The summed E-state index contributed by atoms with van der Waals surface area (Å²) in [5.74, 6) is 1.36. The van der Waals surface area contributed by atoms with E-state index in [-0.39, 0.29) is 17.9 Å². The minimum atomic E-state index is 0.167. The van der Waals surface area contributed by atoms with Gasteiger partial charge in [0.25, 0.3) is 0 Å². The molecule has 1 fully saturated rings. The SMILES string of the molecule is CSCCNC(=O)C1CCCC(N)C1. The summed E-state index contributed by atoms with van der Waals surface area (Å²) in [6.07, 6.45) is 6.10. The van der Waals surface area contributed by atoms with Gasteiger partial charge >= 0.3 is 0 Å². The molecule has 0 heterocycles. The van der Waals surface area contributed by atoms with E-state index < -0.39 is 0 Å². The molecule has 0 bridgehead atoms. The molecule has 0 aliphatic heterocycles. The van der Waals surface area contributed by atoms with Crippen LogP contribution in [0.2, 0.25) is 0 Å². The van der Waals surface area contributed by atoms with Crippen LogP contribution in [-0.2, 0) is 4.79 Å². The van der Waals surface area contributed by atoms with Crippen molar-refractivity contribution in [2.75, 3.05) is 18.6 Å². The first-order valence-corrected chi connectivity index (χ1v) is 6.65. The van der Waals surface area contributed by atoms with E-state index in [1.807, 2.05) is 6.26 Å². The quantitative estimate of drug-likeness (QED) is 0.689. The Morgan fingerprint density at radius 3 is 3.00 bits per heavy atom. The van der Waals surface area contributed by atoms with Crippen molar-refractivity contribution in [1.82, 2.24) is 5.32 Å². The molecule has 1 aliphatic carbocycles.